The quantitative estimate of drug-likeness (QED) is 0.0154. The van der Waals surface area contributed by atoms with Gasteiger partial charge in [-0.3, -0.25) is 34.1 Å². The van der Waals surface area contributed by atoms with Gasteiger partial charge in [-0.05, 0) is 85.9 Å². The molecule has 0 spiro atoms. The highest BCUT2D eigenvalue weighted by atomic mass is 31.2. The SMILES string of the molecule is COCCOC(=O)C1=C(C)N(COP(=O)(O)O)C(C)=C(C(=O)OC(C)C)C1c1cccc([N+](=O)[O-])c1.COCCOC(=O)C1=C(C)N(COP(=O)(O)O)C(C)=C(C(=O)OC(C)C)C1c1cccc([N+](=O)[O-])c1.NCCCCC(N)C(=O)O. The number of phosphoric acid groups is 2. The van der Waals surface area contributed by atoms with Crippen LogP contribution < -0.4 is 11.5 Å². The topological polar surface area (TPSA) is 439 Å². The van der Waals surface area contributed by atoms with E-state index >= 15 is 0 Å². The zero-order chi connectivity index (χ0) is 62.4. The fourth-order valence-corrected chi connectivity index (χ4v) is 8.54. The number of carboxylic acid groups (broad SMARTS) is 1. The highest BCUT2D eigenvalue weighted by Crippen LogP contribution is 2.47. The van der Waals surface area contributed by atoms with Crippen molar-refractivity contribution in [2.24, 2.45) is 11.5 Å². The number of nitro groups is 2. The van der Waals surface area contributed by atoms with Gasteiger partial charge < -0.3 is 74.4 Å². The van der Waals surface area contributed by atoms with E-state index in [1.54, 1.807) is 27.7 Å². The summed E-state index contributed by atoms with van der Waals surface area (Å²) in [7, 11) is -7.01. The summed E-state index contributed by atoms with van der Waals surface area (Å²) in [4.78, 5) is 124. The first-order valence-electron chi connectivity index (χ1n) is 24.9. The number of hydrogen-bond acceptors (Lipinski definition) is 23. The van der Waals surface area contributed by atoms with Crippen LogP contribution in [0.25, 0.3) is 0 Å². The molecule has 82 heavy (non-hydrogen) atoms. The number of aliphatic carboxylic acids is 1. The second kappa shape index (κ2) is 33.3. The smallest absolute Gasteiger partial charge is 0.471 e. The molecule has 2 aromatic rings. The average Bonchev–Trinajstić information content (AvgIpc) is 3.37. The molecule has 3 atom stereocenters. The first-order valence-corrected chi connectivity index (χ1v) is 28.0. The van der Waals surface area contributed by atoms with Crippen LogP contribution in [0.5, 0.6) is 0 Å². The van der Waals surface area contributed by atoms with Crippen molar-refractivity contribution in [3.63, 3.8) is 0 Å². The lowest BCUT2D eigenvalue weighted by Gasteiger charge is -2.37. The Hall–Kier alpha value is -6.79. The number of allylic oxidation sites excluding steroid dienone is 4. The summed E-state index contributed by atoms with van der Waals surface area (Å²) in [5, 5.41) is 31.2. The number of esters is 4. The van der Waals surface area contributed by atoms with Crippen molar-refractivity contribution < 1.29 is 105 Å². The predicted octanol–water partition coefficient (Wildman–Crippen LogP) is 5.03. The summed E-state index contributed by atoms with van der Waals surface area (Å²) in [6.07, 6.45) is 1.07. The number of benzene rings is 2. The molecule has 0 saturated carbocycles. The Balaban J connectivity index is 0.000000480. The normalized spacial score (nSPS) is 16.0. The van der Waals surface area contributed by atoms with Gasteiger partial charge in [-0.2, -0.15) is 0 Å². The molecule has 456 valence electrons. The Bertz CT molecular complexity index is 2670. The number of nitrogens with zero attached hydrogens (tertiary/aromatic N) is 4. The molecule has 0 aliphatic carbocycles. The van der Waals surface area contributed by atoms with Crippen LogP contribution in [0.15, 0.2) is 93.6 Å². The molecular weight excluding hydrogens is 1130 g/mol. The van der Waals surface area contributed by atoms with Gasteiger partial charge in [0.1, 0.15) is 32.7 Å². The average molecular weight is 1200 g/mol. The standard InChI is InChI=1S/2C22H29N2O11P.C6H14N2O2/c2*1-13(2)35-22(26)19-15(4)23(12-34-36(29,30)31)14(3)18(21(25)33-10-9-32-5)20(19)16-7-6-8-17(11-16)24(27)28;7-4-2-1-3-5(8)6(9)10/h2*6-8,11,13,20H,9-10,12H2,1-5H3,(H2,29,30,31);5H,1-4,7-8H2,(H,9,10). The lowest BCUT2D eigenvalue weighted by Crippen LogP contribution is -2.37. The van der Waals surface area contributed by atoms with E-state index in [1.807, 2.05) is 0 Å². The summed E-state index contributed by atoms with van der Waals surface area (Å²) in [6.45, 7) is 11.5. The molecule has 0 bridgehead atoms. The Labute approximate surface area is 472 Å². The van der Waals surface area contributed by atoms with Crippen LogP contribution in [0.2, 0.25) is 0 Å². The summed E-state index contributed by atoms with van der Waals surface area (Å²) < 4.78 is 63.3. The molecule has 2 heterocycles. The van der Waals surface area contributed by atoms with Crippen molar-refractivity contribution in [3.05, 3.63) is 125 Å². The van der Waals surface area contributed by atoms with Crippen LogP contribution in [-0.4, -0.2) is 153 Å². The van der Waals surface area contributed by atoms with E-state index in [-0.39, 0.29) is 94.0 Å². The molecule has 9 N–H and O–H groups in total. The lowest BCUT2D eigenvalue weighted by atomic mass is 9.79. The molecule has 0 radical (unpaired) electrons. The Kier molecular flexibility index (Phi) is 29.0. The van der Waals surface area contributed by atoms with E-state index in [9.17, 15) is 72.9 Å². The molecule has 0 saturated heterocycles. The van der Waals surface area contributed by atoms with E-state index in [2.05, 4.69) is 9.05 Å². The molecule has 3 unspecified atom stereocenters. The molecule has 0 aromatic heterocycles. The number of ether oxygens (including phenoxy) is 6. The van der Waals surface area contributed by atoms with Crippen molar-refractivity contribution in [1.82, 2.24) is 9.80 Å². The van der Waals surface area contributed by atoms with Gasteiger partial charge >= 0.3 is 45.5 Å². The number of methoxy groups -OCH3 is 2. The third-order valence-corrected chi connectivity index (χ3v) is 12.7. The highest BCUT2D eigenvalue weighted by Gasteiger charge is 2.44. The van der Waals surface area contributed by atoms with Crippen molar-refractivity contribution >= 4 is 56.9 Å². The number of unbranched alkanes of at least 4 members (excludes halogenated alkanes) is 1. The van der Waals surface area contributed by atoms with E-state index in [0.29, 0.717) is 13.0 Å². The van der Waals surface area contributed by atoms with Crippen molar-refractivity contribution in [3.8, 4) is 0 Å². The Morgan fingerprint density at radius 2 is 0.951 bits per heavy atom. The molecular formula is C50H72N6O24P2. The molecule has 0 amide bonds. The maximum atomic E-state index is 13.3. The summed E-state index contributed by atoms with van der Waals surface area (Å²) in [5.41, 5.74) is 10.8. The fourth-order valence-electron chi connectivity index (χ4n) is 8.00. The molecule has 2 aromatic carbocycles. The fraction of sp³-hybridized carbons (Fsp3) is 0.500. The minimum absolute atomic E-state index is 0.0669. The molecule has 32 heteroatoms. The number of nitrogens with two attached hydrogens (primary N) is 2. The number of carboxylic acids is 1. The van der Waals surface area contributed by atoms with E-state index in [0.717, 1.165) is 12.8 Å². The zero-order valence-electron chi connectivity index (χ0n) is 46.9. The van der Waals surface area contributed by atoms with E-state index in [1.165, 1.54) is 100 Å². The first-order chi connectivity index (χ1) is 38.2. The predicted molar refractivity (Wildman–Crippen MR) is 289 cm³/mol. The molecule has 0 fully saturated rings. The van der Waals surface area contributed by atoms with Gasteiger partial charge in [0.15, 0.2) is 0 Å². The minimum Gasteiger partial charge on any atom is -0.480 e. The molecule has 4 rings (SSSR count). The van der Waals surface area contributed by atoms with Crippen LogP contribution in [-0.2, 0) is 70.6 Å². The van der Waals surface area contributed by atoms with Gasteiger partial charge in [0.2, 0.25) is 0 Å². The van der Waals surface area contributed by atoms with Gasteiger partial charge in [-0.1, -0.05) is 30.7 Å². The Morgan fingerprint density at radius 3 is 1.23 bits per heavy atom. The van der Waals surface area contributed by atoms with Crippen molar-refractivity contribution in [1.29, 1.82) is 0 Å². The maximum absolute atomic E-state index is 13.3. The summed E-state index contributed by atoms with van der Waals surface area (Å²) in [6, 6.07) is 10.2. The number of rotatable bonds is 27. The second-order valence-corrected chi connectivity index (χ2v) is 20.8. The van der Waals surface area contributed by atoms with Crippen molar-refractivity contribution in [2.45, 2.75) is 105 Å². The molecule has 30 nitrogen and oxygen atoms in total. The number of phosphoric ester groups is 2. The van der Waals surface area contributed by atoms with Gasteiger partial charge in [-0.15, -0.1) is 0 Å². The highest BCUT2D eigenvalue weighted by molar-refractivity contribution is 7.46. The van der Waals surface area contributed by atoms with Crippen LogP contribution in [0, 0.1) is 20.2 Å². The van der Waals surface area contributed by atoms with Gasteiger partial charge in [0.05, 0.1) is 69.4 Å². The van der Waals surface area contributed by atoms with Gasteiger partial charge in [-0.25, -0.2) is 28.3 Å². The third-order valence-electron chi connectivity index (χ3n) is 11.8. The van der Waals surface area contributed by atoms with E-state index < -0.39 is 98.9 Å². The lowest BCUT2D eigenvalue weighted by molar-refractivity contribution is -0.385. The molecule has 2 aliphatic rings. The first kappa shape index (κ1) is 71.3. The second-order valence-electron chi connectivity index (χ2n) is 18.3. The van der Waals surface area contributed by atoms with Crippen molar-refractivity contribution in [2.75, 3.05) is 60.7 Å². The van der Waals surface area contributed by atoms with Crippen LogP contribution >= 0.6 is 15.6 Å². The van der Waals surface area contributed by atoms with Crippen LogP contribution in [0.4, 0.5) is 11.4 Å². The molecule has 2 aliphatic heterocycles. The van der Waals surface area contributed by atoms with Crippen LogP contribution in [0.1, 0.15) is 97.6 Å². The van der Waals surface area contributed by atoms with Gasteiger partial charge in [0, 0.05) is 61.3 Å². The number of nitro benzene ring substituents is 2. The zero-order valence-corrected chi connectivity index (χ0v) is 48.7. The largest absolute Gasteiger partial charge is 0.480 e. The summed E-state index contributed by atoms with van der Waals surface area (Å²) in [5.74, 6) is -6.58. The maximum Gasteiger partial charge on any atom is 0.471 e. The number of carbonyl (C=O) groups is 5. The Morgan fingerprint density at radius 1 is 0.610 bits per heavy atom. The summed E-state index contributed by atoms with van der Waals surface area (Å²) >= 11 is 0. The van der Waals surface area contributed by atoms with E-state index in [4.69, 9.17) is 45.0 Å². The number of non-ortho nitro benzene ring substituents is 2. The number of hydrogen-bond donors (Lipinski definition) is 7. The minimum atomic E-state index is -4.92. The van der Waals surface area contributed by atoms with Gasteiger partial charge in [0.25, 0.3) is 11.4 Å². The number of carbonyl (C=O) groups excluding carboxylic acids is 4. The van der Waals surface area contributed by atoms with Crippen LogP contribution in [0.3, 0.4) is 0 Å². The third kappa shape index (κ3) is 21.8. The monoisotopic (exact) mass is 1200 g/mol.